The number of aromatic nitrogens is 2. The fraction of sp³-hybridized carbons (Fsp3) is 0.417. The maximum Gasteiger partial charge on any atom is 0.112 e. The summed E-state index contributed by atoms with van der Waals surface area (Å²) in [7, 11) is 0. The summed E-state index contributed by atoms with van der Waals surface area (Å²) in [6.45, 7) is 3.16. The molecule has 0 radical (unpaired) electrons. The number of benzene rings is 1. The predicted molar refractivity (Wildman–Crippen MR) is 61.8 cm³/mol. The molecule has 0 spiro atoms. The van der Waals surface area contributed by atoms with Crippen LogP contribution in [0.3, 0.4) is 0 Å². The Bertz CT molecular complexity index is 509. The molecule has 0 unspecified atom stereocenters. The lowest BCUT2D eigenvalue weighted by Gasteiger charge is -2.03. The van der Waals surface area contributed by atoms with E-state index in [0.717, 1.165) is 17.7 Å². The predicted octanol–water partition coefficient (Wildman–Crippen LogP) is 2.52. The van der Waals surface area contributed by atoms with Gasteiger partial charge in [0.15, 0.2) is 0 Å². The summed E-state index contributed by atoms with van der Waals surface area (Å²) in [6.07, 6.45) is 2.58. The first kappa shape index (κ1) is 8.77. The van der Waals surface area contributed by atoms with Gasteiger partial charge >= 0.3 is 0 Å². The molecule has 1 aliphatic rings. The van der Waals surface area contributed by atoms with E-state index in [1.54, 1.807) is 0 Å². The Labute approximate surface area is 88.9 Å². The first-order valence-electron chi connectivity index (χ1n) is 5.55. The first-order chi connectivity index (χ1) is 7.29. The van der Waals surface area contributed by atoms with Crippen LogP contribution >= 0.6 is 0 Å². The molecule has 1 fully saturated rings. The number of nitrogens with zero attached hydrogens (tertiary/aromatic N) is 2. The molecule has 0 aliphatic heterocycles. The van der Waals surface area contributed by atoms with Crippen LogP contribution < -0.4 is 5.73 Å². The molecule has 3 rings (SSSR count). The minimum atomic E-state index is 0.693. The molecule has 1 aromatic heterocycles. The molecule has 3 heteroatoms. The van der Waals surface area contributed by atoms with E-state index in [4.69, 9.17) is 5.73 Å². The van der Waals surface area contributed by atoms with Crippen molar-refractivity contribution in [3.63, 3.8) is 0 Å². The van der Waals surface area contributed by atoms with Crippen LogP contribution in [0.15, 0.2) is 18.2 Å². The Morgan fingerprint density at radius 2 is 2.27 bits per heavy atom. The van der Waals surface area contributed by atoms with Crippen molar-refractivity contribution >= 4 is 16.7 Å². The van der Waals surface area contributed by atoms with Crippen molar-refractivity contribution in [1.29, 1.82) is 0 Å². The normalized spacial score (nSPS) is 16.1. The van der Waals surface area contributed by atoms with Crippen molar-refractivity contribution in [2.75, 3.05) is 5.73 Å². The maximum atomic E-state index is 5.77. The molecule has 0 atom stereocenters. The third kappa shape index (κ3) is 1.30. The molecule has 1 heterocycles. The van der Waals surface area contributed by atoms with E-state index in [9.17, 15) is 0 Å². The number of hydrogen-bond acceptors (Lipinski definition) is 2. The number of rotatable bonds is 2. The van der Waals surface area contributed by atoms with Crippen LogP contribution in [0.25, 0.3) is 11.0 Å². The molecular formula is C12H15N3. The second kappa shape index (κ2) is 2.99. The van der Waals surface area contributed by atoms with Gasteiger partial charge in [-0.05, 0) is 38.0 Å². The summed E-state index contributed by atoms with van der Waals surface area (Å²) < 4.78 is 2.31. The largest absolute Gasteiger partial charge is 0.399 e. The molecule has 2 N–H and O–H groups in total. The third-order valence-electron chi connectivity index (χ3n) is 3.06. The number of nitrogens with two attached hydrogens (primary N) is 1. The molecule has 1 saturated carbocycles. The third-order valence-corrected chi connectivity index (χ3v) is 3.06. The van der Waals surface area contributed by atoms with Gasteiger partial charge < -0.3 is 10.3 Å². The Hall–Kier alpha value is -1.51. The van der Waals surface area contributed by atoms with E-state index in [0.29, 0.717) is 5.92 Å². The van der Waals surface area contributed by atoms with Gasteiger partial charge in [0.05, 0.1) is 11.0 Å². The zero-order chi connectivity index (χ0) is 10.4. The van der Waals surface area contributed by atoms with Gasteiger partial charge in [-0.3, -0.25) is 0 Å². The molecule has 3 nitrogen and oxygen atoms in total. The van der Waals surface area contributed by atoms with Crippen LogP contribution in [0.1, 0.15) is 31.5 Å². The molecule has 0 saturated heterocycles. The first-order valence-corrected chi connectivity index (χ1v) is 5.55. The highest BCUT2D eigenvalue weighted by Gasteiger charge is 2.29. The molecule has 78 valence electrons. The molecule has 1 aromatic carbocycles. The van der Waals surface area contributed by atoms with Gasteiger partial charge in [0, 0.05) is 18.2 Å². The fourth-order valence-electron chi connectivity index (χ4n) is 2.15. The SMILES string of the molecule is CCn1c(C2CC2)nc2cc(N)ccc21. The van der Waals surface area contributed by atoms with E-state index >= 15 is 0 Å². The van der Waals surface area contributed by atoms with Gasteiger partial charge in [-0.15, -0.1) is 0 Å². The zero-order valence-corrected chi connectivity index (χ0v) is 8.90. The quantitative estimate of drug-likeness (QED) is 0.759. The van der Waals surface area contributed by atoms with Gasteiger partial charge in [-0.25, -0.2) is 4.98 Å². The lowest BCUT2D eigenvalue weighted by molar-refractivity contribution is 0.720. The van der Waals surface area contributed by atoms with Crippen LogP contribution in [-0.2, 0) is 6.54 Å². The summed E-state index contributed by atoms with van der Waals surface area (Å²) in [6, 6.07) is 5.99. The van der Waals surface area contributed by atoms with Crippen LogP contribution in [0, 0.1) is 0 Å². The molecular weight excluding hydrogens is 186 g/mol. The van der Waals surface area contributed by atoms with Gasteiger partial charge in [0.25, 0.3) is 0 Å². The summed E-state index contributed by atoms with van der Waals surface area (Å²) in [5.74, 6) is 1.94. The zero-order valence-electron chi connectivity index (χ0n) is 8.90. The minimum absolute atomic E-state index is 0.693. The number of fused-ring (bicyclic) bond motifs is 1. The summed E-state index contributed by atoms with van der Waals surface area (Å²) in [5, 5.41) is 0. The Kier molecular flexibility index (Phi) is 1.75. The van der Waals surface area contributed by atoms with E-state index < -0.39 is 0 Å². The van der Waals surface area contributed by atoms with Crippen LogP contribution in [0.4, 0.5) is 5.69 Å². The molecule has 0 amide bonds. The van der Waals surface area contributed by atoms with E-state index in [1.165, 1.54) is 24.2 Å². The highest BCUT2D eigenvalue weighted by Crippen LogP contribution is 2.40. The highest BCUT2D eigenvalue weighted by atomic mass is 15.1. The fourth-order valence-corrected chi connectivity index (χ4v) is 2.15. The summed E-state index contributed by atoms with van der Waals surface area (Å²) >= 11 is 0. The molecule has 2 aromatic rings. The van der Waals surface area contributed by atoms with Crippen LogP contribution in [0.5, 0.6) is 0 Å². The standard InChI is InChI=1S/C12H15N3/c1-2-15-11-6-5-9(13)7-10(11)14-12(15)8-3-4-8/h5-8H,2-4,13H2,1H3. The number of aryl methyl sites for hydroxylation is 1. The highest BCUT2D eigenvalue weighted by molar-refractivity contribution is 5.79. The van der Waals surface area contributed by atoms with Gasteiger partial charge in [0.2, 0.25) is 0 Å². The van der Waals surface area contributed by atoms with Crippen molar-refractivity contribution < 1.29 is 0 Å². The topological polar surface area (TPSA) is 43.8 Å². The molecule has 1 aliphatic carbocycles. The van der Waals surface area contributed by atoms with Gasteiger partial charge in [-0.1, -0.05) is 0 Å². The number of imidazole rings is 1. The van der Waals surface area contributed by atoms with E-state index in [1.807, 2.05) is 12.1 Å². The van der Waals surface area contributed by atoms with Crippen molar-refractivity contribution in [2.45, 2.75) is 32.2 Å². The average Bonchev–Trinajstić information content (AvgIpc) is 2.99. The van der Waals surface area contributed by atoms with E-state index in [2.05, 4.69) is 22.5 Å². The Morgan fingerprint density at radius 1 is 1.47 bits per heavy atom. The second-order valence-electron chi connectivity index (χ2n) is 4.24. The average molecular weight is 201 g/mol. The van der Waals surface area contributed by atoms with Crippen LogP contribution in [0.2, 0.25) is 0 Å². The monoisotopic (exact) mass is 201 g/mol. The summed E-state index contributed by atoms with van der Waals surface area (Å²) in [4.78, 5) is 4.69. The second-order valence-corrected chi connectivity index (χ2v) is 4.24. The lowest BCUT2D eigenvalue weighted by Crippen LogP contribution is -1.99. The number of hydrogen-bond donors (Lipinski definition) is 1. The van der Waals surface area contributed by atoms with E-state index in [-0.39, 0.29) is 0 Å². The van der Waals surface area contributed by atoms with Crippen molar-refractivity contribution in [3.8, 4) is 0 Å². The van der Waals surface area contributed by atoms with Crippen molar-refractivity contribution in [1.82, 2.24) is 9.55 Å². The Balaban J connectivity index is 2.26. The molecule has 0 bridgehead atoms. The van der Waals surface area contributed by atoms with Crippen molar-refractivity contribution in [2.24, 2.45) is 0 Å². The summed E-state index contributed by atoms with van der Waals surface area (Å²) in [5.41, 5.74) is 8.82. The lowest BCUT2D eigenvalue weighted by atomic mass is 10.3. The van der Waals surface area contributed by atoms with Gasteiger partial charge in [0.1, 0.15) is 5.82 Å². The minimum Gasteiger partial charge on any atom is -0.399 e. The number of anilines is 1. The molecule has 15 heavy (non-hydrogen) atoms. The maximum absolute atomic E-state index is 5.77. The van der Waals surface area contributed by atoms with Crippen molar-refractivity contribution in [3.05, 3.63) is 24.0 Å². The number of nitrogen functional groups attached to an aromatic ring is 1. The van der Waals surface area contributed by atoms with Crippen LogP contribution in [-0.4, -0.2) is 9.55 Å². The smallest absolute Gasteiger partial charge is 0.112 e. The van der Waals surface area contributed by atoms with Gasteiger partial charge in [-0.2, -0.15) is 0 Å². The Morgan fingerprint density at radius 3 is 2.93 bits per heavy atom.